The van der Waals surface area contributed by atoms with Gasteiger partial charge >= 0.3 is 0 Å². The number of nitrogens with one attached hydrogen (secondary N) is 1. The van der Waals surface area contributed by atoms with Crippen molar-refractivity contribution in [3.63, 3.8) is 0 Å². The summed E-state index contributed by atoms with van der Waals surface area (Å²) in [5.41, 5.74) is 3.74. The Balaban J connectivity index is 1.54. The summed E-state index contributed by atoms with van der Waals surface area (Å²) in [6.45, 7) is 6.41. The normalized spacial score (nSPS) is 15.9. The average molecular weight is 419 g/mol. The monoisotopic (exact) mass is 418 g/mol. The molecule has 5 rings (SSSR count). The fraction of sp³-hybridized carbons (Fsp3) is 0.391. The van der Waals surface area contributed by atoms with Gasteiger partial charge in [0.15, 0.2) is 11.5 Å². The molecule has 1 atom stereocenters. The summed E-state index contributed by atoms with van der Waals surface area (Å²) in [4.78, 5) is 9.40. The molecule has 4 heterocycles. The van der Waals surface area contributed by atoms with E-state index in [1.165, 1.54) is 0 Å². The Morgan fingerprint density at radius 2 is 1.97 bits per heavy atom. The minimum Gasteiger partial charge on any atom is -0.381 e. The zero-order chi connectivity index (χ0) is 21.2. The molecule has 3 aromatic heterocycles. The first-order valence-electron chi connectivity index (χ1n) is 10.8. The van der Waals surface area contributed by atoms with Crippen molar-refractivity contribution >= 4 is 16.7 Å². The van der Waals surface area contributed by atoms with E-state index in [-0.39, 0.29) is 5.92 Å². The molecule has 1 saturated heterocycles. The predicted molar refractivity (Wildman–Crippen MR) is 118 cm³/mol. The summed E-state index contributed by atoms with van der Waals surface area (Å²) in [7, 11) is 0. The molecule has 1 N–H and O–H groups in total. The Morgan fingerprint density at radius 1 is 1.16 bits per heavy atom. The SMILES string of the molecule is CCn1ncc2c(NC3CCOCC3)c(-c3nc(C(C)c4ccccc4)no3)cnc21. The number of pyridine rings is 1. The summed E-state index contributed by atoms with van der Waals surface area (Å²) < 4.78 is 13.1. The molecule has 1 aromatic carbocycles. The molecule has 1 aliphatic rings. The van der Waals surface area contributed by atoms with E-state index < -0.39 is 0 Å². The fourth-order valence-corrected chi connectivity index (χ4v) is 4.03. The van der Waals surface area contributed by atoms with Crippen LogP contribution in [0.1, 0.15) is 44.0 Å². The molecule has 0 saturated carbocycles. The molecule has 1 aliphatic heterocycles. The average Bonchev–Trinajstić information content (AvgIpc) is 3.47. The van der Waals surface area contributed by atoms with Gasteiger partial charge in [0.1, 0.15) is 0 Å². The minimum absolute atomic E-state index is 0.0325. The largest absolute Gasteiger partial charge is 0.381 e. The molecular formula is C23H26N6O2. The third-order valence-corrected chi connectivity index (χ3v) is 5.89. The summed E-state index contributed by atoms with van der Waals surface area (Å²) in [5.74, 6) is 1.15. The number of hydrogen-bond acceptors (Lipinski definition) is 7. The van der Waals surface area contributed by atoms with Crippen LogP contribution in [0.15, 0.2) is 47.2 Å². The smallest absolute Gasteiger partial charge is 0.261 e. The van der Waals surface area contributed by atoms with Crippen LogP contribution in [0.3, 0.4) is 0 Å². The van der Waals surface area contributed by atoms with Gasteiger partial charge in [-0.1, -0.05) is 42.4 Å². The van der Waals surface area contributed by atoms with Gasteiger partial charge in [-0.15, -0.1) is 0 Å². The van der Waals surface area contributed by atoms with Gasteiger partial charge in [0, 0.05) is 37.9 Å². The Hall–Kier alpha value is -3.26. The molecule has 160 valence electrons. The molecular weight excluding hydrogens is 392 g/mol. The Labute approximate surface area is 180 Å². The first kappa shape index (κ1) is 19.7. The van der Waals surface area contributed by atoms with E-state index in [1.54, 1.807) is 0 Å². The first-order valence-corrected chi connectivity index (χ1v) is 10.8. The van der Waals surface area contributed by atoms with Crippen molar-refractivity contribution in [3.8, 4) is 11.5 Å². The molecule has 1 unspecified atom stereocenters. The molecule has 0 bridgehead atoms. The lowest BCUT2D eigenvalue weighted by Crippen LogP contribution is -2.28. The van der Waals surface area contributed by atoms with Gasteiger partial charge in [-0.2, -0.15) is 10.1 Å². The highest BCUT2D eigenvalue weighted by Crippen LogP contribution is 2.35. The summed E-state index contributed by atoms with van der Waals surface area (Å²) in [5, 5.41) is 13.4. The number of fused-ring (bicyclic) bond motifs is 1. The van der Waals surface area contributed by atoms with E-state index in [9.17, 15) is 0 Å². The van der Waals surface area contributed by atoms with Crippen molar-refractivity contribution in [1.29, 1.82) is 0 Å². The number of ether oxygens (including phenoxy) is 1. The van der Waals surface area contributed by atoms with Crippen molar-refractivity contribution in [2.24, 2.45) is 0 Å². The zero-order valence-electron chi connectivity index (χ0n) is 17.8. The number of rotatable bonds is 6. The van der Waals surface area contributed by atoms with Crippen molar-refractivity contribution in [2.75, 3.05) is 18.5 Å². The second-order valence-electron chi connectivity index (χ2n) is 7.87. The third kappa shape index (κ3) is 3.79. The number of nitrogens with zero attached hydrogens (tertiary/aromatic N) is 5. The van der Waals surface area contributed by atoms with E-state index in [4.69, 9.17) is 14.2 Å². The van der Waals surface area contributed by atoms with Crippen LogP contribution in [-0.2, 0) is 11.3 Å². The van der Waals surface area contributed by atoms with Gasteiger partial charge < -0.3 is 14.6 Å². The van der Waals surface area contributed by atoms with Crippen molar-refractivity contribution in [1.82, 2.24) is 24.9 Å². The Bertz CT molecular complexity index is 1160. The van der Waals surface area contributed by atoms with Gasteiger partial charge in [-0.25, -0.2) is 9.67 Å². The van der Waals surface area contributed by atoms with Gasteiger partial charge in [-0.3, -0.25) is 0 Å². The number of benzene rings is 1. The lowest BCUT2D eigenvalue weighted by Gasteiger charge is -2.25. The second kappa shape index (κ2) is 8.47. The Morgan fingerprint density at radius 3 is 2.74 bits per heavy atom. The topological polar surface area (TPSA) is 90.9 Å². The quantitative estimate of drug-likeness (QED) is 0.501. The Kier molecular flexibility index (Phi) is 5.38. The van der Waals surface area contributed by atoms with Gasteiger partial charge in [0.2, 0.25) is 0 Å². The van der Waals surface area contributed by atoms with Gasteiger partial charge in [0.25, 0.3) is 5.89 Å². The van der Waals surface area contributed by atoms with Gasteiger partial charge in [-0.05, 0) is 25.3 Å². The maximum Gasteiger partial charge on any atom is 0.261 e. The van der Waals surface area contributed by atoms with Crippen LogP contribution in [0.5, 0.6) is 0 Å². The van der Waals surface area contributed by atoms with Crippen molar-refractivity contribution in [2.45, 2.75) is 45.2 Å². The standard InChI is InChI=1S/C23H26N6O2/c1-3-29-22-18(14-25-29)20(26-17-9-11-30-12-10-17)19(13-24-22)23-27-21(28-31-23)15(2)16-7-5-4-6-8-16/h4-8,13-15,17H,3,9-12H2,1-2H3,(H,24,26). The van der Waals surface area contributed by atoms with Crippen LogP contribution >= 0.6 is 0 Å². The maximum absolute atomic E-state index is 5.71. The highest BCUT2D eigenvalue weighted by molar-refractivity contribution is 5.96. The molecule has 0 spiro atoms. The zero-order valence-corrected chi connectivity index (χ0v) is 17.8. The predicted octanol–water partition coefficient (Wildman–Crippen LogP) is 4.24. The highest BCUT2D eigenvalue weighted by atomic mass is 16.5. The lowest BCUT2D eigenvalue weighted by molar-refractivity contribution is 0.0905. The second-order valence-corrected chi connectivity index (χ2v) is 7.87. The van der Waals surface area contributed by atoms with Crippen LogP contribution in [0, 0.1) is 0 Å². The summed E-state index contributed by atoms with van der Waals surface area (Å²) >= 11 is 0. The molecule has 0 amide bonds. The molecule has 1 fully saturated rings. The van der Waals surface area contributed by atoms with Crippen LogP contribution < -0.4 is 5.32 Å². The molecule has 0 aliphatic carbocycles. The van der Waals surface area contributed by atoms with Crippen molar-refractivity contribution < 1.29 is 9.26 Å². The first-order chi connectivity index (χ1) is 15.2. The molecule has 31 heavy (non-hydrogen) atoms. The summed E-state index contributed by atoms with van der Waals surface area (Å²) in [6.07, 6.45) is 5.57. The number of aromatic nitrogens is 5. The maximum atomic E-state index is 5.71. The van der Waals surface area contributed by atoms with Crippen LogP contribution in [0.25, 0.3) is 22.5 Å². The lowest BCUT2D eigenvalue weighted by atomic mass is 10.0. The van der Waals surface area contributed by atoms with Crippen LogP contribution in [-0.4, -0.2) is 44.2 Å². The van der Waals surface area contributed by atoms with Crippen LogP contribution in [0.2, 0.25) is 0 Å². The molecule has 8 heteroatoms. The number of anilines is 1. The van der Waals surface area contributed by atoms with E-state index in [0.29, 0.717) is 17.8 Å². The molecule has 8 nitrogen and oxygen atoms in total. The fourth-order valence-electron chi connectivity index (χ4n) is 4.03. The van der Waals surface area contributed by atoms with E-state index in [1.807, 2.05) is 35.3 Å². The minimum atomic E-state index is 0.0325. The molecule has 0 radical (unpaired) electrons. The van der Waals surface area contributed by atoms with Gasteiger partial charge in [0.05, 0.1) is 22.8 Å². The van der Waals surface area contributed by atoms with E-state index in [0.717, 1.165) is 60.4 Å². The van der Waals surface area contributed by atoms with E-state index in [2.05, 4.69) is 46.5 Å². The molecule has 4 aromatic rings. The van der Waals surface area contributed by atoms with Crippen LogP contribution in [0.4, 0.5) is 5.69 Å². The number of aryl methyl sites for hydroxylation is 1. The third-order valence-electron chi connectivity index (χ3n) is 5.89. The number of hydrogen-bond donors (Lipinski definition) is 1. The van der Waals surface area contributed by atoms with Crippen molar-refractivity contribution in [3.05, 3.63) is 54.1 Å². The highest BCUT2D eigenvalue weighted by Gasteiger charge is 2.23. The van der Waals surface area contributed by atoms with E-state index >= 15 is 0 Å². The summed E-state index contributed by atoms with van der Waals surface area (Å²) in [6, 6.07) is 10.5.